The van der Waals surface area contributed by atoms with Crippen molar-refractivity contribution in [2.24, 2.45) is 0 Å². The summed E-state index contributed by atoms with van der Waals surface area (Å²) in [6.45, 7) is 6.92. The molecule has 1 aliphatic heterocycles. The van der Waals surface area contributed by atoms with Crippen molar-refractivity contribution in [3.63, 3.8) is 0 Å². The molecule has 18 heavy (non-hydrogen) atoms. The van der Waals surface area contributed by atoms with Crippen molar-refractivity contribution < 1.29 is 29.5 Å². The number of aliphatic hydroxyl groups is 3. The maximum atomic E-state index is 10.2. The predicted molar refractivity (Wildman–Crippen MR) is 64.0 cm³/mol. The first-order chi connectivity index (χ1) is 8.36. The van der Waals surface area contributed by atoms with E-state index in [0.29, 0.717) is 0 Å². The van der Waals surface area contributed by atoms with Gasteiger partial charge in [-0.2, -0.15) is 0 Å². The highest BCUT2D eigenvalue weighted by Gasteiger charge is 2.46. The van der Waals surface area contributed by atoms with Crippen LogP contribution in [0.2, 0.25) is 0 Å². The van der Waals surface area contributed by atoms with Gasteiger partial charge in [-0.3, -0.25) is 0 Å². The zero-order chi connectivity index (χ0) is 13.9. The lowest BCUT2D eigenvalue weighted by molar-refractivity contribution is -0.311. The molecule has 1 fully saturated rings. The van der Waals surface area contributed by atoms with Gasteiger partial charge in [0, 0.05) is 0 Å². The fourth-order valence-corrected chi connectivity index (χ4v) is 2.00. The Morgan fingerprint density at radius 1 is 1.00 bits per heavy atom. The van der Waals surface area contributed by atoms with Gasteiger partial charge in [-0.1, -0.05) is 0 Å². The van der Waals surface area contributed by atoms with E-state index >= 15 is 0 Å². The molecule has 0 aromatic rings. The maximum Gasteiger partial charge on any atom is 0.184 e. The lowest BCUT2D eigenvalue weighted by Crippen LogP contribution is -2.61. The second-order valence-corrected chi connectivity index (χ2v) is 5.04. The average molecular weight is 264 g/mol. The van der Waals surface area contributed by atoms with Crippen molar-refractivity contribution in [1.29, 1.82) is 0 Å². The van der Waals surface area contributed by atoms with Gasteiger partial charge in [0.1, 0.15) is 24.4 Å². The summed E-state index contributed by atoms with van der Waals surface area (Å²) >= 11 is 0. The first kappa shape index (κ1) is 15.8. The molecule has 0 spiro atoms. The van der Waals surface area contributed by atoms with Crippen molar-refractivity contribution in [1.82, 2.24) is 0 Å². The highest BCUT2D eigenvalue weighted by Crippen LogP contribution is 2.26. The molecule has 0 radical (unpaired) electrons. The molecule has 6 nitrogen and oxygen atoms in total. The van der Waals surface area contributed by atoms with Gasteiger partial charge in [0.25, 0.3) is 0 Å². The van der Waals surface area contributed by atoms with Gasteiger partial charge in [-0.25, -0.2) is 0 Å². The largest absolute Gasteiger partial charge is 0.394 e. The van der Waals surface area contributed by atoms with Crippen molar-refractivity contribution in [3.05, 3.63) is 0 Å². The van der Waals surface area contributed by atoms with E-state index in [0.717, 1.165) is 0 Å². The molecule has 1 aliphatic rings. The smallest absolute Gasteiger partial charge is 0.184 e. The van der Waals surface area contributed by atoms with Crippen LogP contribution in [-0.4, -0.2) is 64.8 Å². The van der Waals surface area contributed by atoms with Crippen LogP contribution in [0.15, 0.2) is 0 Å². The molecule has 5 unspecified atom stereocenters. The Kier molecular flexibility index (Phi) is 5.97. The average Bonchev–Trinajstić information content (AvgIpc) is 2.27. The first-order valence-electron chi connectivity index (χ1n) is 6.30. The summed E-state index contributed by atoms with van der Waals surface area (Å²) in [7, 11) is 0. The molecule has 3 N–H and O–H groups in total. The molecule has 0 aliphatic carbocycles. The second kappa shape index (κ2) is 6.79. The van der Waals surface area contributed by atoms with Crippen LogP contribution < -0.4 is 0 Å². The highest BCUT2D eigenvalue weighted by atomic mass is 16.7. The number of ether oxygens (including phenoxy) is 3. The van der Waals surface area contributed by atoms with Crippen molar-refractivity contribution in [2.45, 2.75) is 70.6 Å². The predicted octanol–water partition coefficient (Wildman–Crippen LogP) is -0.356. The number of aliphatic hydroxyl groups excluding tert-OH is 3. The third-order valence-corrected chi connectivity index (χ3v) is 2.67. The lowest BCUT2D eigenvalue weighted by atomic mass is 9.98. The zero-order valence-electron chi connectivity index (χ0n) is 11.3. The van der Waals surface area contributed by atoms with Crippen LogP contribution in [0.5, 0.6) is 0 Å². The van der Waals surface area contributed by atoms with E-state index in [9.17, 15) is 15.3 Å². The Hall–Kier alpha value is -0.240. The van der Waals surface area contributed by atoms with Gasteiger partial charge < -0.3 is 29.5 Å². The van der Waals surface area contributed by atoms with E-state index in [2.05, 4.69) is 0 Å². The van der Waals surface area contributed by atoms with Crippen molar-refractivity contribution in [3.8, 4) is 0 Å². The summed E-state index contributed by atoms with van der Waals surface area (Å²) in [5.74, 6) is 0. The Labute approximate surface area is 107 Å². The van der Waals surface area contributed by atoms with Gasteiger partial charge in [0.05, 0.1) is 18.8 Å². The van der Waals surface area contributed by atoms with Crippen LogP contribution in [0, 0.1) is 0 Å². The maximum absolute atomic E-state index is 10.2. The van der Waals surface area contributed by atoms with Crippen molar-refractivity contribution in [2.75, 3.05) is 6.61 Å². The molecular weight excluding hydrogens is 240 g/mol. The minimum Gasteiger partial charge on any atom is -0.394 e. The summed E-state index contributed by atoms with van der Waals surface area (Å²) in [6, 6.07) is 0. The molecule has 1 heterocycles. The van der Waals surface area contributed by atoms with Gasteiger partial charge in [0.15, 0.2) is 6.29 Å². The quantitative estimate of drug-likeness (QED) is 0.629. The lowest BCUT2D eigenvalue weighted by Gasteiger charge is -2.43. The van der Waals surface area contributed by atoms with E-state index in [1.807, 2.05) is 13.8 Å². The zero-order valence-corrected chi connectivity index (χ0v) is 11.3. The SMILES string of the molecule is CC(C)OC1C(O)OC(CO)C(OC(C)C)C1O. The van der Waals surface area contributed by atoms with Gasteiger partial charge in [-0.15, -0.1) is 0 Å². The molecule has 1 rings (SSSR count). The molecule has 0 aromatic heterocycles. The molecule has 0 amide bonds. The first-order valence-corrected chi connectivity index (χ1v) is 6.30. The monoisotopic (exact) mass is 264 g/mol. The Bertz CT molecular complexity index is 245. The normalized spacial score (nSPS) is 37.5. The third kappa shape index (κ3) is 3.88. The van der Waals surface area contributed by atoms with Crippen LogP contribution >= 0.6 is 0 Å². The highest BCUT2D eigenvalue weighted by molar-refractivity contribution is 4.91. The van der Waals surface area contributed by atoms with E-state index in [-0.39, 0.29) is 18.8 Å². The number of hydrogen-bond acceptors (Lipinski definition) is 6. The van der Waals surface area contributed by atoms with E-state index in [4.69, 9.17) is 14.2 Å². The van der Waals surface area contributed by atoms with Gasteiger partial charge >= 0.3 is 0 Å². The Morgan fingerprint density at radius 3 is 1.94 bits per heavy atom. The standard InChI is InChI=1S/C12H24O6/c1-6(2)16-10-8(5-13)18-12(15)11(9(10)14)17-7(3)4/h6-15H,5H2,1-4H3. The minimum absolute atomic E-state index is 0.128. The van der Waals surface area contributed by atoms with Crippen LogP contribution in [0.25, 0.3) is 0 Å². The van der Waals surface area contributed by atoms with Crippen molar-refractivity contribution >= 4 is 0 Å². The molecule has 108 valence electrons. The molecule has 5 atom stereocenters. The van der Waals surface area contributed by atoms with E-state index in [1.165, 1.54) is 0 Å². The number of hydrogen-bond donors (Lipinski definition) is 3. The summed E-state index contributed by atoms with van der Waals surface area (Å²) in [5, 5.41) is 29.2. The third-order valence-electron chi connectivity index (χ3n) is 2.67. The summed E-state index contributed by atoms with van der Waals surface area (Å²) in [5.41, 5.74) is 0. The molecule has 6 heteroatoms. The summed E-state index contributed by atoms with van der Waals surface area (Å²) in [4.78, 5) is 0. The van der Waals surface area contributed by atoms with Gasteiger partial charge in [0.2, 0.25) is 0 Å². The molecule has 0 bridgehead atoms. The van der Waals surface area contributed by atoms with E-state index < -0.39 is 30.7 Å². The number of rotatable bonds is 5. The molecule has 0 aromatic carbocycles. The van der Waals surface area contributed by atoms with Crippen LogP contribution in [-0.2, 0) is 14.2 Å². The van der Waals surface area contributed by atoms with Crippen LogP contribution in [0.4, 0.5) is 0 Å². The fraction of sp³-hybridized carbons (Fsp3) is 1.00. The van der Waals surface area contributed by atoms with Crippen LogP contribution in [0.1, 0.15) is 27.7 Å². The Morgan fingerprint density at radius 2 is 1.50 bits per heavy atom. The van der Waals surface area contributed by atoms with Crippen LogP contribution in [0.3, 0.4) is 0 Å². The summed E-state index contributed by atoms with van der Waals surface area (Å²) < 4.78 is 16.2. The second-order valence-electron chi connectivity index (χ2n) is 5.04. The fourth-order valence-electron chi connectivity index (χ4n) is 2.00. The topological polar surface area (TPSA) is 88.4 Å². The molecule has 1 saturated heterocycles. The summed E-state index contributed by atoms with van der Waals surface area (Å²) in [6.07, 6.45) is -4.96. The molecular formula is C12H24O6. The molecule has 0 saturated carbocycles. The Balaban J connectivity index is 2.78. The minimum atomic E-state index is -1.27. The van der Waals surface area contributed by atoms with Gasteiger partial charge in [-0.05, 0) is 27.7 Å². The van der Waals surface area contributed by atoms with E-state index in [1.54, 1.807) is 13.8 Å².